The van der Waals surface area contributed by atoms with E-state index >= 15 is 0 Å². The lowest BCUT2D eigenvalue weighted by molar-refractivity contribution is 0.00374. The second-order valence-corrected chi connectivity index (χ2v) is 4.32. The quantitative estimate of drug-likeness (QED) is 0.628. The van der Waals surface area contributed by atoms with Crippen LogP contribution < -0.4 is 0 Å². The third-order valence-corrected chi connectivity index (χ3v) is 2.53. The number of aliphatic hydroxyl groups is 1. The van der Waals surface area contributed by atoms with E-state index in [9.17, 15) is 5.11 Å². The molecule has 0 aromatic rings. The molecule has 0 rings (SSSR count). The third-order valence-electron chi connectivity index (χ3n) is 2.53. The van der Waals surface area contributed by atoms with Crippen LogP contribution in [0.25, 0.3) is 0 Å². The molecule has 0 saturated heterocycles. The Hall–Kier alpha value is -0.300. The van der Waals surface area contributed by atoms with Crippen LogP contribution in [-0.2, 0) is 0 Å². The molecule has 0 amide bonds. The predicted molar refractivity (Wildman–Crippen MR) is 54.1 cm³/mol. The highest BCUT2D eigenvalue weighted by molar-refractivity contribution is 4.88. The van der Waals surface area contributed by atoms with E-state index in [4.69, 9.17) is 0 Å². The highest BCUT2D eigenvalue weighted by Crippen LogP contribution is 2.23. The van der Waals surface area contributed by atoms with Crippen molar-refractivity contribution in [3.05, 3.63) is 12.2 Å². The van der Waals surface area contributed by atoms with E-state index in [2.05, 4.69) is 20.4 Å². The Balaban J connectivity index is 3.69. The average Bonchev–Trinajstić information content (AvgIpc) is 1.85. The van der Waals surface area contributed by atoms with Crippen LogP contribution in [0.1, 0.15) is 47.0 Å². The monoisotopic (exact) mass is 170 g/mol. The summed E-state index contributed by atoms with van der Waals surface area (Å²) in [6.45, 7) is 11.9. The van der Waals surface area contributed by atoms with Gasteiger partial charge < -0.3 is 5.11 Å². The van der Waals surface area contributed by atoms with Crippen LogP contribution in [-0.4, -0.2) is 10.7 Å². The Morgan fingerprint density at radius 1 is 1.50 bits per heavy atom. The van der Waals surface area contributed by atoms with E-state index in [1.54, 1.807) is 0 Å². The topological polar surface area (TPSA) is 20.2 Å². The molecule has 0 spiro atoms. The Morgan fingerprint density at radius 2 is 2.00 bits per heavy atom. The molecule has 0 aromatic heterocycles. The van der Waals surface area contributed by atoms with E-state index in [0.717, 1.165) is 19.3 Å². The largest absolute Gasteiger partial charge is 0.390 e. The van der Waals surface area contributed by atoms with Crippen molar-refractivity contribution in [1.29, 1.82) is 0 Å². The van der Waals surface area contributed by atoms with Gasteiger partial charge in [-0.15, -0.1) is 6.58 Å². The molecule has 0 saturated carbocycles. The Kier molecular flexibility index (Phi) is 4.54. The molecule has 1 N–H and O–H groups in total. The molecular weight excluding hydrogens is 148 g/mol. The SMILES string of the molecule is C=C(C)CCCC(C)(O)C(C)C. The third kappa shape index (κ3) is 4.55. The highest BCUT2D eigenvalue weighted by atomic mass is 16.3. The van der Waals surface area contributed by atoms with Gasteiger partial charge in [0, 0.05) is 0 Å². The van der Waals surface area contributed by atoms with E-state index in [1.807, 2.05) is 13.8 Å². The van der Waals surface area contributed by atoms with Crippen molar-refractivity contribution in [2.45, 2.75) is 52.6 Å². The summed E-state index contributed by atoms with van der Waals surface area (Å²) in [5.41, 5.74) is 0.699. The fraction of sp³-hybridized carbons (Fsp3) is 0.818. The first-order chi connectivity index (χ1) is 5.36. The molecule has 0 bridgehead atoms. The van der Waals surface area contributed by atoms with Crippen molar-refractivity contribution in [1.82, 2.24) is 0 Å². The fourth-order valence-corrected chi connectivity index (χ4v) is 1.04. The molecule has 1 unspecified atom stereocenters. The molecule has 0 fully saturated rings. The minimum Gasteiger partial charge on any atom is -0.390 e. The van der Waals surface area contributed by atoms with Crippen molar-refractivity contribution in [3.8, 4) is 0 Å². The smallest absolute Gasteiger partial charge is 0.0642 e. The maximum absolute atomic E-state index is 9.87. The van der Waals surface area contributed by atoms with Gasteiger partial charge in [0.25, 0.3) is 0 Å². The van der Waals surface area contributed by atoms with Crippen LogP contribution in [0, 0.1) is 5.92 Å². The minimum atomic E-state index is -0.505. The Morgan fingerprint density at radius 3 is 2.33 bits per heavy atom. The number of hydrogen-bond donors (Lipinski definition) is 1. The summed E-state index contributed by atoms with van der Waals surface area (Å²) in [6.07, 6.45) is 2.95. The average molecular weight is 170 g/mol. The van der Waals surface area contributed by atoms with Crippen LogP contribution in [0.4, 0.5) is 0 Å². The summed E-state index contributed by atoms with van der Waals surface area (Å²) in [5, 5.41) is 9.87. The van der Waals surface area contributed by atoms with Crippen LogP contribution in [0.5, 0.6) is 0 Å². The molecular formula is C11H22O. The summed E-state index contributed by atoms with van der Waals surface area (Å²) >= 11 is 0. The first-order valence-corrected chi connectivity index (χ1v) is 4.73. The Labute approximate surface area is 76.5 Å². The molecule has 0 radical (unpaired) electrons. The maximum atomic E-state index is 9.87. The van der Waals surface area contributed by atoms with Gasteiger partial charge in [-0.05, 0) is 39.0 Å². The molecule has 1 nitrogen and oxygen atoms in total. The van der Waals surface area contributed by atoms with Crippen molar-refractivity contribution >= 4 is 0 Å². The number of allylic oxidation sites excluding steroid dienone is 1. The van der Waals surface area contributed by atoms with Gasteiger partial charge in [-0.25, -0.2) is 0 Å². The highest BCUT2D eigenvalue weighted by Gasteiger charge is 2.23. The van der Waals surface area contributed by atoms with Crippen LogP contribution >= 0.6 is 0 Å². The van der Waals surface area contributed by atoms with Gasteiger partial charge in [0.15, 0.2) is 0 Å². The summed E-state index contributed by atoms with van der Waals surface area (Å²) in [5.74, 6) is 0.336. The van der Waals surface area contributed by atoms with Gasteiger partial charge in [0.05, 0.1) is 5.60 Å². The molecule has 12 heavy (non-hydrogen) atoms. The standard InChI is InChI=1S/C11H22O/c1-9(2)7-6-8-11(5,12)10(3)4/h10,12H,1,6-8H2,2-5H3. The zero-order chi connectivity index (χ0) is 9.78. The second-order valence-electron chi connectivity index (χ2n) is 4.32. The minimum absolute atomic E-state index is 0.336. The van der Waals surface area contributed by atoms with Crippen LogP contribution in [0.15, 0.2) is 12.2 Å². The lowest BCUT2D eigenvalue weighted by Crippen LogP contribution is -2.30. The molecule has 1 heteroatoms. The van der Waals surface area contributed by atoms with Crippen LogP contribution in [0.3, 0.4) is 0 Å². The molecule has 1 atom stereocenters. The van der Waals surface area contributed by atoms with E-state index < -0.39 is 5.60 Å². The summed E-state index contributed by atoms with van der Waals surface area (Å²) < 4.78 is 0. The van der Waals surface area contributed by atoms with E-state index in [0.29, 0.717) is 5.92 Å². The van der Waals surface area contributed by atoms with Gasteiger partial charge >= 0.3 is 0 Å². The van der Waals surface area contributed by atoms with Gasteiger partial charge in [0.2, 0.25) is 0 Å². The molecule has 0 aliphatic rings. The molecule has 0 aliphatic heterocycles. The van der Waals surface area contributed by atoms with E-state index in [-0.39, 0.29) is 0 Å². The second kappa shape index (κ2) is 4.66. The van der Waals surface area contributed by atoms with Crippen molar-refractivity contribution < 1.29 is 5.11 Å². The Bertz CT molecular complexity index is 145. The first-order valence-electron chi connectivity index (χ1n) is 4.73. The normalized spacial score (nSPS) is 16.2. The van der Waals surface area contributed by atoms with Crippen molar-refractivity contribution in [3.63, 3.8) is 0 Å². The molecule has 0 aliphatic carbocycles. The lowest BCUT2D eigenvalue weighted by Gasteiger charge is -2.27. The predicted octanol–water partition coefficient (Wildman–Crippen LogP) is 3.14. The van der Waals surface area contributed by atoms with Gasteiger partial charge in [-0.2, -0.15) is 0 Å². The van der Waals surface area contributed by atoms with Crippen molar-refractivity contribution in [2.24, 2.45) is 5.92 Å². The fourth-order valence-electron chi connectivity index (χ4n) is 1.04. The van der Waals surface area contributed by atoms with Crippen LogP contribution in [0.2, 0.25) is 0 Å². The number of hydrogen-bond acceptors (Lipinski definition) is 1. The lowest BCUT2D eigenvalue weighted by atomic mass is 9.87. The first kappa shape index (κ1) is 11.7. The zero-order valence-electron chi connectivity index (χ0n) is 8.85. The zero-order valence-corrected chi connectivity index (χ0v) is 8.85. The number of rotatable bonds is 5. The summed E-state index contributed by atoms with van der Waals surface area (Å²) in [4.78, 5) is 0. The van der Waals surface area contributed by atoms with Gasteiger partial charge in [-0.1, -0.05) is 19.4 Å². The van der Waals surface area contributed by atoms with Gasteiger partial charge in [0.1, 0.15) is 0 Å². The van der Waals surface area contributed by atoms with E-state index in [1.165, 1.54) is 5.57 Å². The molecule has 72 valence electrons. The molecule has 0 heterocycles. The molecule has 0 aromatic carbocycles. The summed E-state index contributed by atoms with van der Waals surface area (Å²) in [6, 6.07) is 0. The summed E-state index contributed by atoms with van der Waals surface area (Å²) in [7, 11) is 0. The maximum Gasteiger partial charge on any atom is 0.0642 e. The van der Waals surface area contributed by atoms with Crippen molar-refractivity contribution in [2.75, 3.05) is 0 Å². The van der Waals surface area contributed by atoms with Gasteiger partial charge in [-0.3, -0.25) is 0 Å².